The number of fused-ring (bicyclic) bond motifs is 3. The number of hydrogen-bond donors (Lipinski definition) is 1. The lowest BCUT2D eigenvalue weighted by molar-refractivity contribution is 0.198. The average Bonchev–Trinajstić information content (AvgIpc) is 3.32. The SMILES string of the molecule is Cc1noc(C2CC2)c1NC(=O)N1CCn2c(cc3c(Cl)cccc32)C1. The summed E-state index contributed by atoms with van der Waals surface area (Å²) in [5.74, 6) is 1.21. The van der Waals surface area contributed by atoms with Gasteiger partial charge in [-0.25, -0.2) is 4.79 Å². The Hall–Kier alpha value is -2.47. The maximum atomic E-state index is 12.8. The van der Waals surface area contributed by atoms with E-state index in [0.29, 0.717) is 19.0 Å². The highest BCUT2D eigenvalue weighted by atomic mass is 35.5. The minimum atomic E-state index is -0.110. The van der Waals surface area contributed by atoms with Crippen molar-refractivity contribution in [3.05, 3.63) is 46.4 Å². The molecule has 0 saturated heterocycles. The summed E-state index contributed by atoms with van der Waals surface area (Å²) in [6.07, 6.45) is 2.20. The number of benzene rings is 1. The van der Waals surface area contributed by atoms with E-state index >= 15 is 0 Å². The van der Waals surface area contributed by atoms with E-state index in [-0.39, 0.29) is 6.03 Å². The van der Waals surface area contributed by atoms with Crippen LogP contribution in [0.4, 0.5) is 10.5 Å². The van der Waals surface area contributed by atoms with E-state index < -0.39 is 0 Å². The highest BCUT2D eigenvalue weighted by Gasteiger charge is 2.33. The zero-order valence-corrected chi connectivity index (χ0v) is 15.2. The van der Waals surface area contributed by atoms with Gasteiger partial charge in [0.05, 0.1) is 6.54 Å². The Morgan fingerprint density at radius 3 is 3.00 bits per heavy atom. The van der Waals surface area contributed by atoms with E-state index in [9.17, 15) is 4.79 Å². The van der Waals surface area contributed by atoms with E-state index in [1.165, 1.54) is 0 Å². The van der Waals surface area contributed by atoms with Gasteiger partial charge in [0.2, 0.25) is 0 Å². The lowest BCUT2D eigenvalue weighted by Crippen LogP contribution is -2.40. The normalized spacial score (nSPS) is 16.8. The molecule has 26 heavy (non-hydrogen) atoms. The second kappa shape index (κ2) is 5.77. The van der Waals surface area contributed by atoms with Gasteiger partial charge in [0.15, 0.2) is 5.76 Å². The monoisotopic (exact) mass is 370 g/mol. The number of halogens is 1. The number of nitrogens with one attached hydrogen (secondary N) is 1. The summed E-state index contributed by atoms with van der Waals surface area (Å²) in [6.45, 7) is 3.82. The maximum absolute atomic E-state index is 12.8. The van der Waals surface area contributed by atoms with Crippen LogP contribution in [0.25, 0.3) is 10.9 Å². The van der Waals surface area contributed by atoms with Gasteiger partial charge in [0.1, 0.15) is 11.4 Å². The molecule has 1 aromatic carbocycles. The molecule has 1 fully saturated rings. The molecule has 2 aromatic heterocycles. The van der Waals surface area contributed by atoms with Crippen molar-refractivity contribution in [2.75, 3.05) is 11.9 Å². The topological polar surface area (TPSA) is 63.3 Å². The van der Waals surface area contributed by atoms with Gasteiger partial charge >= 0.3 is 6.03 Å². The van der Waals surface area contributed by atoms with Gasteiger partial charge in [-0.15, -0.1) is 0 Å². The van der Waals surface area contributed by atoms with Crippen molar-refractivity contribution < 1.29 is 9.32 Å². The zero-order chi connectivity index (χ0) is 17.8. The first-order valence-corrected chi connectivity index (χ1v) is 9.28. The lowest BCUT2D eigenvalue weighted by Gasteiger charge is -2.29. The number of aryl methyl sites for hydroxylation is 1. The molecule has 1 saturated carbocycles. The van der Waals surface area contributed by atoms with Crippen LogP contribution in [0.3, 0.4) is 0 Å². The number of carbonyl (C=O) groups excluding carboxylic acids is 1. The summed E-state index contributed by atoms with van der Waals surface area (Å²) >= 11 is 6.32. The molecule has 1 N–H and O–H groups in total. The van der Waals surface area contributed by atoms with Crippen molar-refractivity contribution in [2.24, 2.45) is 0 Å². The van der Waals surface area contributed by atoms with Crippen LogP contribution in [-0.4, -0.2) is 27.2 Å². The number of anilines is 1. The van der Waals surface area contributed by atoms with E-state index in [1.54, 1.807) is 0 Å². The first-order chi connectivity index (χ1) is 12.6. The Bertz CT molecular complexity index is 1020. The van der Waals surface area contributed by atoms with E-state index in [4.69, 9.17) is 16.1 Å². The Kier molecular flexibility index (Phi) is 3.50. The van der Waals surface area contributed by atoms with Crippen LogP contribution in [0.2, 0.25) is 5.02 Å². The fraction of sp³-hybridized carbons (Fsp3) is 0.368. The van der Waals surface area contributed by atoms with Crippen molar-refractivity contribution in [1.82, 2.24) is 14.6 Å². The van der Waals surface area contributed by atoms with Crippen molar-refractivity contribution in [3.8, 4) is 0 Å². The fourth-order valence-corrected chi connectivity index (χ4v) is 3.94. The number of aromatic nitrogens is 2. The Labute approximate surface area is 155 Å². The molecule has 134 valence electrons. The first-order valence-electron chi connectivity index (χ1n) is 8.90. The van der Waals surface area contributed by atoms with Crippen molar-refractivity contribution >= 4 is 34.2 Å². The molecule has 2 aliphatic rings. The number of amides is 2. The molecule has 6 nitrogen and oxygen atoms in total. The van der Waals surface area contributed by atoms with Gasteiger partial charge < -0.3 is 19.3 Å². The van der Waals surface area contributed by atoms with Crippen molar-refractivity contribution in [3.63, 3.8) is 0 Å². The van der Waals surface area contributed by atoms with Crippen LogP contribution >= 0.6 is 11.6 Å². The summed E-state index contributed by atoms with van der Waals surface area (Å²) in [6, 6.07) is 7.90. The second-order valence-corrected chi connectivity index (χ2v) is 7.50. The molecule has 2 amide bonds. The molecule has 7 heteroatoms. The highest BCUT2D eigenvalue weighted by Crippen LogP contribution is 2.44. The molecule has 3 aromatic rings. The molecule has 0 unspecified atom stereocenters. The number of urea groups is 1. The van der Waals surface area contributed by atoms with Crippen LogP contribution in [0.15, 0.2) is 28.8 Å². The van der Waals surface area contributed by atoms with Gasteiger partial charge in [-0.3, -0.25) is 0 Å². The van der Waals surface area contributed by atoms with Gasteiger partial charge in [0, 0.05) is 40.6 Å². The molecule has 5 rings (SSSR count). The number of carbonyl (C=O) groups is 1. The van der Waals surface area contributed by atoms with Crippen LogP contribution in [-0.2, 0) is 13.1 Å². The number of nitrogens with zero attached hydrogens (tertiary/aromatic N) is 3. The summed E-state index contributed by atoms with van der Waals surface area (Å²) < 4.78 is 7.66. The molecular formula is C19H19ClN4O2. The number of rotatable bonds is 2. The fourth-order valence-electron chi connectivity index (χ4n) is 3.72. The Morgan fingerprint density at radius 2 is 2.19 bits per heavy atom. The van der Waals surface area contributed by atoms with E-state index in [0.717, 1.165) is 58.1 Å². The zero-order valence-electron chi connectivity index (χ0n) is 14.5. The predicted molar refractivity (Wildman–Crippen MR) is 99.6 cm³/mol. The highest BCUT2D eigenvalue weighted by molar-refractivity contribution is 6.35. The smallest absolute Gasteiger partial charge is 0.322 e. The summed E-state index contributed by atoms with van der Waals surface area (Å²) in [5, 5.41) is 8.83. The second-order valence-electron chi connectivity index (χ2n) is 7.09. The lowest BCUT2D eigenvalue weighted by atomic mass is 10.2. The van der Waals surface area contributed by atoms with Crippen molar-refractivity contribution in [2.45, 2.75) is 38.8 Å². The molecule has 0 radical (unpaired) electrons. The number of hydrogen-bond acceptors (Lipinski definition) is 3. The standard InChI is InChI=1S/C19H19ClN4O2/c1-11-17(18(26-22-11)12-5-6-12)21-19(25)23-7-8-24-13(10-23)9-14-15(20)3-2-4-16(14)24/h2-4,9,12H,5-8,10H2,1H3,(H,21,25). The van der Waals surface area contributed by atoms with Gasteiger partial charge in [-0.1, -0.05) is 22.8 Å². The molecule has 1 aliphatic carbocycles. The van der Waals surface area contributed by atoms with E-state index in [2.05, 4.69) is 27.2 Å². The third-order valence-electron chi connectivity index (χ3n) is 5.28. The molecule has 1 aliphatic heterocycles. The van der Waals surface area contributed by atoms with Crippen LogP contribution in [0.1, 0.15) is 35.9 Å². The van der Waals surface area contributed by atoms with Crippen LogP contribution < -0.4 is 5.32 Å². The van der Waals surface area contributed by atoms with Gasteiger partial charge in [0.25, 0.3) is 0 Å². The molecular weight excluding hydrogens is 352 g/mol. The van der Waals surface area contributed by atoms with Gasteiger partial charge in [-0.2, -0.15) is 0 Å². The molecule has 0 spiro atoms. The average molecular weight is 371 g/mol. The van der Waals surface area contributed by atoms with Crippen molar-refractivity contribution in [1.29, 1.82) is 0 Å². The first kappa shape index (κ1) is 15.8. The maximum Gasteiger partial charge on any atom is 0.322 e. The van der Waals surface area contributed by atoms with Crippen LogP contribution in [0.5, 0.6) is 0 Å². The summed E-state index contributed by atoms with van der Waals surface area (Å²) in [5.41, 5.74) is 3.70. The summed E-state index contributed by atoms with van der Waals surface area (Å²) in [4.78, 5) is 14.6. The Morgan fingerprint density at radius 1 is 1.35 bits per heavy atom. The molecule has 0 atom stereocenters. The van der Waals surface area contributed by atoms with Crippen LogP contribution in [0, 0.1) is 6.92 Å². The quantitative estimate of drug-likeness (QED) is 0.721. The molecule has 0 bridgehead atoms. The van der Waals surface area contributed by atoms with Gasteiger partial charge in [-0.05, 0) is 38.0 Å². The third kappa shape index (κ3) is 2.48. The third-order valence-corrected chi connectivity index (χ3v) is 5.61. The molecule has 3 heterocycles. The minimum Gasteiger partial charge on any atom is -0.359 e. The Balaban J connectivity index is 1.39. The minimum absolute atomic E-state index is 0.110. The largest absolute Gasteiger partial charge is 0.359 e. The predicted octanol–water partition coefficient (Wildman–Crippen LogP) is 4.52. The summed E-state index contributed by atoms with van der Waals surface area (Å²) in [7, 11) is 0. The van der Waals surface area contributed by atoms with E-state index in [1.807, 2.05) is 24.0 Å².